The molecular formula is C16H19N3O3S. The summed E-state index contributed by atoms with van der Waals surface area (Å²) in [5.41, 5.74) is 5.27. The van der Waals surface area contributed by atoms with Crippen molar-refractivity contribution in [2.45, 2.75) is 36.1 Å². The number of anilines is 1. The zero-order valence-corrected chi connectivity index (χ0v) is 13.5. The van der Waals surface area contributed by atoms with Crippen molar-refractivity contribution in [2.75, 3.05) is 17.2 Å². The Balaban J connectivity index is 1.75. The van der Waals surface area contributed by atoms with Gasteiger partial charge in [0.05, 0.1) is 11.4 Å². The number of benzene rings is 1. The summed E-state index contributed by atoms with van der Waals surface area (Å²) in [7, 11) is 0. The van der Waals surface area contributed by atoms with E-state index in [1.54, 1.807) is 0 Å². The lowest BCUT2D eigenvalue weighted by atomic mass is 9.96. The zero-order chi connectivity index (χ0) is 16.4. The molecule has 1 fully saturated rings. The summed E-state index contributed by atoms with van der Waals surface area (Å²) in [6, 6.07) is 7.50. The van der Waals surface area contributed by atoms with E-state index in [1.165, 1.54) is 16.7 Å². The molecule has 23 heavy (non-hydrogen) atoms. The summed E-state index contributed by atoms with van der Waals surface area (Å²) in [6.45, 7) is -0.0918. The van der Waals surface area contributed by atoms with E-state index in [9.17, 15) is 14.4 Å². The van der Waals surface area contributed by atoms with Gasteiger partial charge in [0.2, 0.25) is 17.7 Å². The van der Waals surface area contributed by atoms with Crippen molar-refractivity contribution in [1.29, 1.82) is 0 Å². The standard InChI is InChI=1S/C16H19N3O3S/c17-15(22)16(7-3-4-8-16)18-13(20)9-19-11-5-1-2-6-12(11)23-10-14(19)21/h1-2,5-6H,3-4,7-10H2,(H2,17,22)(H,18,20). The lowest BCUT2D eigenvalue weighted by molar-refractivity contribution is -0.131. The van der Waals surface area contributed by atoms with Gasteiger partial charge in [-0.1, -0.05) is 25.0 Å². The Morgan fingerprint density at radius 3 is 2.65 bits per heavy atom. The van der Waals surface area contributed by atoms with Crippen LogP contribution in [0.15, 0.2) is 29.2 Å². The highest BCUT2D eigenvalue weighted by Crippen LogP contribution is 2.35. The zero-order valence-electron chi connectivity index (χ0n) is 12.7. The van der Waals surface area contributed by atoms with Crippen LogP contribution in [0.1, 0.15) is 25.7 Å². The fourth-order valence-electron chi connectivity index (χ4n) is 3.19. The van der Waals surface area contributed by atoms with Gasteiger partial charge < -0.3 is 16.0 Å². The molecule has 0 spiro atoms. The molecule has 0 radical (unpaired) electrons. The summed E-state index contributed by atoms with van der Waals surface area (Å²) in [4.78, 5) is 38.8. The van der Waals surface area contributed by atoms with Crippen molar-refractivity contribution in [2.24, 2.45) is 5.73 Å². The van der Waals surface area contributed by atoms with E-state index in [0.717, 1.165) is 23.4 Å². The van der Waals surface area contributed by atoms with Gasteiger partial charge in [-0.2, -0.15) is 0 Å². The number of hydrogen-bond acceptors (Lipinski definition) is 4. The first kappa shape index (κ1) is 15.9. The van der Waals surface area contributed by atoms with Gasteiger partial charge in [0.25, 0.3) is 0 Å². The largest absolute Gasteiger partial charge is 0.368 e. The predicted octanol–water partition coefficient (Wildman–Crippen LogP) is 1.04. The second kappa shape index (κ2) is 6.23. The molecule has 1 aliphatic carbocycles. The van der Waals surface area contributed by atoms with Gasteiger partial charge in [-0.25, -0.2) is 0 Å². The molecule has 1 saturated carbocycles. The number of rotatable bonds is 4. The molecule has 122 valence electrons. The number of thioether (sulfide) groups is 1. The third kappa shape index (κ3) is 3.06. The fourth-order valence-corrected chi connectivity index (χ4v) is 4.12. The van der Waals surface area contributed by atoms with Crippen molar-refractivity contribution in [3.63, 3.8) is 0 Å². The van der Waals surface area contributed by atoms with Gasteiger partial charge in [0.15, 0.2) is 0 Å². The van der Waals surface area contributed by atoms with E-state index in [4.69, 9.17) is 5.73 Å². The molecule has 1 aromatic rings. The van der Waals surface area contributed by atoms with Crippen molar-refractivity contribution in [1.82, 2.24) is 5.32 Å². The van der Waals surface area contributed by atoms with Crippen LogP contribution in [0.25, 0.3) is 0 Å². The minimum absolute atomic E-state index is 0.0918. The summed E-state index contributed by atoms with van der Waals surface area (Å²) >= 11 is 1.47. The third-order valence-corrected chi connectivity index (χ3v) is 5.46. The molecule has 2 aliphatic rings. The molecule has 1 aromatic carbocycles. The quantitative estimate of drug-likeness (QED) is 0.861. The highest BCUT2D eigenvalue weighted by atomic mass is 32.2. The molecular weight excluding hydrogens is 314 g/mol. The smallest absolute Gasteiger partial charge is 0.243 e. The van der Waals surface area contributed by atoms with E-state index in [1.807, 2.05) is 24.3 Å². The predicted molar refractivity (Wildman–Crippen MR) is 88.1 cm³/mol. The maximum absolute atomic E-state index is 12.4. The molecule has 3 amide bonds. The number of fused-ring (bicyclic) bond motifs is 1. The Kier molecular flexibility index (Phi) is 4.30. The molecule has 6 nitrogen and oxygen atoms in total. The number of primary amides is 1. The number of carbonyl (C=O) groups excluding carboxylic acids is 3. The number of hydrogen-bond donors (Lipinski definition) is 2. The number of para-hydroxylation sites is 1. The lowest BCUT2D eigenvalue weighted by Crippen LogP contribution is -2.58. The van der Waals surface area contributed by atoms with Crippen LogP contribution in [0.4, 0.5) is 5.69 Å². The first-order chi connectivity index (χ1) is 11.0. The molecule has 0 bridgehead atoms. The summed E-state index contributed by atoms with van der Waals surface area (Å²) in [6.07, 6.45) is 2.86. The van der Waals surface area contributed by atoms with Crippen LogP contribution in [0, 0.1) is 0 Å². The molecule has 0 unspecified atom stereocenters. The van der Waals surface area contributed by atoms with Gasteiger partial charge in [-0.15, -0.1) is 11.8 Å². The van der Waals surface area contributed by atoms with Crippen LogP contribution >= 0.6 is 11.8 Å². The number of amides is 3. The third-order valence-electron chi connectivity index (χ3n) is 4.42. The second-order valence-electron chi connectivity index (χ2n) is 5.94. The molecule has 7 heteroatoms. The molecule has 0 aromatic heterocycles. The Morgan fingerprint density at radius 1 is 1.26 bits per heavy atom. The first-order valence-corrected chi connectivity index (χ1v) is 8.63. The average molecular weight is 333 g/mol. The molecule has 0 saturated heterocycles. The van der Waals surface area contributed by atoms with Gasteiger partial charge in [0, 0.05) is 4.90 Å². The Hall–Kier alpha value is -2.02. The maximum atomic E-state index is 12.4. The van der Waals surface area contributed by atoms with Crippen LogP contribution in [-0.2, 0) is 14.4 Å². The molecule has 1 heterocycles. The topological polar surface area (TPSA) is 92.5 Å². The number of carbonyl (C=O) groups is 3. The highest BCUT2D eigenvalue weighted by molar-refractivity contribution is 8.00. The summed E-state index contributed by atoms with van der Waals surface area (Å²) in [5.74, 6) is -0.640. The van der Waals surface area contributed by atoms with Crippen molar-refractivity contribution >= 4 is 35.2 Å². The van der Waals surface area contributed by atoms with Gasteiger partial charge >= 0.3 is 0 Å². The van der Waals surface area contributed by atoms with E-state index in [-0.39, 0.29) is 18.4 Å². The SMILES string of the molecule is NC(=O)C1(NC(=O)CN2C(=O)CSc3ccccc32)CCCC1. The fraction of sp³-hybridized carbons (Fsp3) is 0.438. The number of nitrogens with zero attached hydrogens (tertiary/aromatic N) is 1. The number of nitrogens with one attached hydrogen (secondary N) is 1. The molecule has 3 rings (SSSR count). The van der Waals surface area contributed by atoms with Crippen LogP contribution in [-0.4, -0.2) is 35.6 Å². The minimum atomic E-state index is -0.954. The van der Waals surface area contributed by atoms with Gasteiger partial charge in [0.1, 0.15) is 12.1 Å². The van der Waals surface area contributed by atoms with Crippen molar-refractivity contribution < 1.29 is 14.4 Å². The van der Waals surface area contributed by atoms with Crippen LogP contribution < -0.4 is 16.0 Å². The van der Waals surface area contributed by atoms with E-state index in [2.05, 4.69) is 5.32 Å². The van der Waals surface area contributed by atoms with Crippen molar-refractivity contribution in [3.05, 3.63) is 24.3 Å². The molecule has 0 atom stereocenters. The van der Waals surface area contributed by atoms with Crippen molar-refractivity contribution in [3.8, 4) is 0 Å². The normalized spacial score (nSPS) is 19.3. The minimum Gasteiger partial charge on any atom is -0.368 e. The first-order valence-electron chi connectivity index (χ1n) is 7.65. The monoisotopic (exact) mass is 333 g/mol. The molecule has 3 N–H and O–H groups in total. The van der Waals surface area contributed by atoms with E-state index >= 15 is 0 Å². The van der Waals surface area contributed by atoms with Crippen LogP contribution in [0.5, 0.6) is 0 Å². The van der Waals surface area contributed by atoms with E-state index < -0.39 is 11.4 Å². The number of nitrogens with two attached hydrogens (primary N) is 1. The highest BCUT2D eigenvalue weighted by Gasteiger charge is 2.41. The summed E-state index contributed by atoms with van der Waals surface area (Å²) in [5, 5.41) is 2.78. The maximum Gasteiger partial charge on any atom is 0.243 e. The Morgan fingerprint density at radius 2 is 1.96 bits per heavy atom. The van der Waals surface area contributed by atoms with Crippen LogP contribution in [0.3, 0.4) is 0 Å². The second-order valence-corrected chi connectivity index (χ2v) is 6.96. The van der Waals surface area contributed by atoms with Crippen LogP contribution in [0.2, 0.25) is 0 Å². The molecule has 1 aliphatic heterocycles. The Labute approximate surface area is 138 Å². The summed E-state index contributed by atoms with van der Waals surface area (Å²) < 4.78 is 0. The van der Waals surface area contributed by atoms with Gasteiger partial charge in [-0.3, -0.25) is 14.4 Å². The average Bonchev–Trinajstić information content (AvgIpc) is 3.00. The van der Waals surface area contributed by atoms with E-state index in [0.29, 0.717) is 18.6 Å². The van der Waals surface area contributed by atoms with Gasteiger partial charge in [-0.05, 0) is 25.0 Å². The Bertz CT molecular complexity index is 656. The lowest BCUT2D eigenvalue weighted by Gasteiger charge is -2.31.